The number of fused-ring (bicyclic) bond motifs is 1. The molecule has 0 fully saturated rings. The van der Waals surface area contributed by atoms with Crippen molar-refractivity contribution in [1.82, 2.24) is 0 Å². The Bertz CT molecular complexity index is 385. The fourth-order valence-corrected chi connectivity index (χ4v) is 1.72. The van der Waals surface area contributed by atoms with Crippen LogP contribution in [0, 0.1) is 0 Å². The zero-order valence-corrected chi connectivity index (χ0v) is 8.27. The van der Waals surface area contributed by atoms with Crippen LogP contribution >= 0.6 is 11.6 Å². The summed E-state index contributed by atoms with van der Waals surface area (Å²) >= 11 is 5.86. The van der Waals surface area contributed by atoms with Crippen molar-refractivity contribution < 1.29 is 4.79 Å². The third-order valence-corrected chi connectivity index (χ3v) is 2.71. The van der Waals surface area contributed by atoms with E-state index in [4.69, 9.17) is 11.6 Å². The van der Waals surface area contributed by atoms with Crippen LogP contribution in [0.15, 0.2) is 18.2 Å². The first-order valence-corrected chi connectivity index (χ1v) is 4.51. The Morgan fingerprint density at radius 3 is 2.77 bits per heavy atom. The van der Waals surface area contributed by atoms with Gasteiger partial charge < -0.3 is 5.32 Å². The van der Waals surface area contributed by atoms with E-state index >= 15 is 0 Å². The molecule has 0 spiro atoms. The fourth-order valence-electron chi connectivity index (χ4n) is 1.54. The third-order valence-electron chi connectivity index (χ3n) is 2.47. The zero-order chi connectivity index (χ0) is 9.64. The van der Waals surface area contributed by atoms with E-state index in [1.54, 1.807) is 6.07 Å². The van der Waals surface area contributed by atoms with E-state index in [1.165, 1.54) is 0 Å². The summed E-state index contributed by atoms with van der Waals surface area (Å²) in [6.45, 7) is 3.79. The van der Waals surface area contributed by atoms with Crippen LogP contribution in [0.25, 0.3) is 0 Å². The normalized spacial score (nSPS) is 18.2. The maximum atomic E-state index is 11.5. The number of hydrogen-bond acceptors (Lipinski definition) is 1. The third kappa shape index (κ3) is 1.13. The minimum atomic E-state index is -0.458. The highest BCUT2D eigenvalue weighted by atomic mass is 35.5. The summed E-state index contributed by atoms with van der Waals surface area (Å²) in [4.78, 5) is 11.5. The smallest absolute Gasteiger partial charge is 0.234 e. The van der Waals surface area contributed by atoms with Crippen LogP contribution in [0.1, 0.15) is 19.4 Å². The molecule has 0 saturated carbocycles. The van der Waals surface area contributed by atoms with E-state index in [9.17, 15) is 4.79 Å². The van der Waals surface area contributed by atoms with Gasteiger partial charge in [0.1, 0.15) is 0 Å². The molecule has 0 saturated heterocycles. The molecule has 1 amide bonds. The van der Waals surface area contributed by atoms with Crippen LogP contribution < -0.4 is 5.32 Å². The Labute approximate surface area is 81.9 Å². The van der Waals surface area contributed by atoms with Crippen molar-refractivity contribution >= 4 is 23.2 Å². The summed E-state index contributed by atoms with van der Waals surface area (Å²) in [7, 11) is 0. The molecule has 1 heterocycles. The second-order valence-electron chi connectivity index (χ2n) is 3.77. The summed E-state index contributed by atoms with van der Waals surface area (Å²) in [6, 6.07) is 5.46. The summed E-state index contributed by atoms with van der Waals surface area (Å²) in [5, 5.41) is 3.49. The number of carbonyl (C=O) groups is 1. The Kier molecular flexibility index (Phi) is 1.64. The first-order chi connectivity index (χ1) is 6.01. The van der Waals surface area contributed by atoms with Crippen LogP contribution in [0.5, 0.6) is 0 Å². The average Bonchev–Trinajstić information content (AvgIpc) is 2.27. The van der Waals surface area contributed by atoms with Crippen molar-refractivity contribution in [1.29, 1.82) is 0 Å². The van der Waals surface area contributed by atoms with Gasteiger partial charge in [-0.1, -0.05) is 11.6 Å². The van der Waals surface area contributed by atoms with Gasteiger partial charge in [-0.15, -0.1) is 0 Å². The van der Waals surface area contributed by atoms with E-state index in [1.807, 2.05) is 26.0 Å². The summed E-state index contributed by atoms with van der Waals surface area (Å²) in [5.41, 5.74) is 1.39. The van der Waals surface area contributed by atoms with Crippen LogP contribution in [0.4, 0.5) is 5.69 Å². The maximum absolute atomic E-state index is 11.5. The van der Waals surface area contributed by atoms with E-state index < -0.39 is 5.41 Å². The second-order valence-corrected chi connectivity index (χ2v) is 4.21. The molecular formula is C10H10ClNO. The first kappa shape index (κ1) is 8.57. The predicted octanol–water partition coefficient (Wildman–Crippen LogP) is 2.57. The molecule has 1 aliphatic rings. The van der Waals surface area contributed by atoms with Crippen molar-refractivity contribution in [3.8, 4) is 0 Å². The summed E-state index contributed by atoms with van der Waals surface area (Å²) in [6.07, 6.45) is 0. The van der Waals surface area contributed by atoms with Crippen molar-refractivity contribution in [2.45, 2.75) is 19.3 Å². The number of amides is 1. The fraction of sp³-hybridized carbons (Fsp3) is 0.300. The van der Waals surface area contributed by atoms with Gasteiger partial charge in [-0.05, 0) is 37.6 Å². The molecule has 0 radical (unpaired) electrons. The van der Waals surface area contributed by atoms with Gasteiger partial charge in [0.05, 0.1) is 5.41 Å². The molecule has 0 unspecified atom stereocenters. The van der Waals surface area contributed by atoms with E-state index in [2.05, 4.69) is 5.32 Å². The minimum Gasteiger partial charge on any atom is -0.325 e. The van der Waals surface area contributed by atoms with E-state index in [0.717, 1.165) is 11.3 Å². The Morgan fingerprint density at radius 1 is 1.38 bits per heavy atom. The van der Waals surface area contributed by atoms with Gasteiger partial charge in [0.25, 0.3) is 0 Å². The van der Waals surface area contributed by atoms with Gasteiger partial charge in [0.15, 0.2) is 0 Å². The molecule has 1 aromatic carbocycles. The van der Waals surface area contributed by atoms with Crippen molar-refractivity contribution in [2.24, 2.45) is 0 Å². The van der Waals surface area contributed by atoms with Crippen molar-refractivity contribution in [3.05, 3.63) is 28.8 Å². The molecule has 3 heteroatoms. The van der Waals surface area contributed by atoms with Crippen molar-refractivity contribution in [3.63, 3.8) is 0 Å². The highest BCUT2D eigenvalue weighted by molar-refractivity contribution is 6.31. The highest BCUT2D eigenvalue weighted by Crippen LogP contribution is 2.38. The van der Waals surface area contributed by atoms with Gasteiger partial charge >= 0.3 is 0 Å². The Morgan fingerprint density at radius 2 is 2.08 bits per heavy atom. The average molecular weight is 196 g/mol. The Hall–Kier alpha value is -1.02. The monoisotopic (exact) mass is 195 g/mol. The summed E-state index contributed by atoms with van der Waals surface area (Å²) in [5.74, 6) is 0.0322. The number of rotatable bonds is 0. The lowest BCUT2D eigenvalue weighted by molar-refractivity contribution is -0.119. The molecule has 13 heavy (non-hydrogen) atoms. The number of anilines is 1. The predicted molar refractivity (Wildman–Crippen MR) is 53.1 cm³/mol. The molecular weight excluding hydrogens is 186 g/mol. The lowest BCUT2D eigenvalue weighted by Crippen LogP contribution is -2.26. The molecule has 0 atom stereocenters. The molecule has 0 aliphatic carbocycles. The Balaban J connectivity index is 2.64. The van der Waals surface area contributed by atoms with Gasteiger partial charge in [-0.2, -0.15) is 0 Å². The number of nitrogens with one attached hydrogen (secondary N) is 1. The quantitative estimate of drug-likeness (QED) is 0.678. The van der Waals surface area contributed by atoms with E-state index in [0.29, 0.717) is 5.02 Å². The number of hydrogen-bond donors (Lipinski definition) is 1. The molecule has 68 valence electrons. The number of halogens is 1. The number of benzene rings is 1. The summed E-state index contributed by atoms with van der Waals surface area (Å²) < 4.78 is 0. The van der Waals surface area contributed by atoms with Crippen LogP contribution in [0.3, 0.4) is 0 Å². The largest absolute Gasteiger partial charge is 0.325 e. The minimum absolute atomic E-state index is 0.0322. The molecule has 1 N–H and O–H groups in total. The molecule has 1 aliphatic heterocycles. The SMILES string of the molecule is CC1(C)C(=O)Nc2ccc(Cl)cc21. The van der Waals surface area contributed by atoms with Crippen LogP contribution in [-0.2, 0) is 10.2 Å². The van der Waals surface area contributed by atoms with Crippen LogP contribution in [-0.4, -0.2) is 5.91 Å². The van der Waals surface area contributed by atoms with E-state index in [-0.39, 0.29) is 5.91 Å². The van der Waals surface area contributed by atoms with Gasteiger partial charge in [0.2, 0.25) is 5.91 Å². The lowest BCUT2D eigenvalue weighted by Gasteiger charge is -2.14. The van der Waals surface area contributed by atoms with Gasteiger partial charge in [0, 0.05) is 10.7 Å². The lowest BCUT2D eigenvalue weighted by atomic mass is 9.86. The highest BCUT2D eigenvalue weighted by Gasteiger charge is 2.38. The topological polar surface area (TPSA) is 29.1 Å². The molecule has 2 rings (SSSR count). The zero-order valence-electron chi connectivity index (χ0n) is 7.52. The molecule has 0 bridgehead atoms. The number of carbonyl (C=O) groups excluding carboxylic acids is 1. The van der Waals surface area contributed by atoms with Gasteiger partial charge in [-0.3, -0.25) is 4.79 Å². The first-order valence-electron chi connectivity index (χ1n) is 4.13. The van der Waals surface area contributed by atoms with Gasteiger partial charge in [-0.25, -0.2) is 0 Å². The van der Waals surface area contributed by atoms with Crippen LogP contribution in [0.2, 0.25) is 5.02 Å². The maximum Gasteiger partial charge on any atom is 0.234 e. The molecule has 2 nitrogen and oxygen atoms in total. The van der Waals surface area contributed by atoms with Crippen molar-refractivity contribution in [2.75, 3.05) is 5.32 Å². The standard InChI is InChI=1S/C10H10ClNO/c1-10(2)7-5-6(11)3-4-8(7)12-9(10)13/h3-5H,1-2H3,(H,12,13). The molecule has 0 aromatic heterocycles. The second kappa shape index (κ2) is 2.48. The molecule has 1 aromatic rings.